The monoisotopic (exact) mass is 402 g/mol. The Bertz CT molecular complexity index is 712. The third-order valence-corrected chi connectivity index (χ3v) is 5.05. The van der Waals surface area contributed by atoms with Crippen molar-refractivity contribution in [2.75, 3.05) is 4.72 Å². The smallest absolute Gasteiger partial charge is 0.261 e. The van der Waals surface area contributed by atoms with Crippen molar-refractivity contribution in [3.8, 4) is 0 Å². The number of nitrogens with two attached hydrogens (primary N) is 1. The molecule has 4 nitrogen and oxygen atoms in total. The van der Waals surface area contributed by atoms with Crippen molar-refractivity contribution in [2.24, 2.45) is 5.73 Å². The van der Waals surface area contributed by atoms with Crippen LogP contribution < -0.4 is 10.5 Å². The maximum Gasteiger partial charge on any atom is 0.261 e. The quantitative estimate of drug-likeness (QED) is 0.773. The van der Waals surface area contributed by atoms with Crippen LogP contribution in [-0.2, 0) is 16.6 Å². The molecular weight excluding hydrogens is 387 g/mol. The fourth-order valence-corrected chi connectivity index (χ4v) is 3.24. The molecule has 0 aliphatic carbocycles. The first-order valence-corrected chi connectivity index (χ1v) is 8.56. The fraction of sp³-hybridized carbons (Fsp3) is 0.143. The van der Waals surface area contributed by atoms with Gasteiger partial charge in [0.05, 0.1) is 4.90 Å². The molecule has 2 aromatic rings. The summed E-state index contributed by atoms with van der Waals surface area (Å²) in [5.41, 5.74) is 7.97. The fourth-order valence-electron chi connectivity index (χ4n) is 1.77. The molecule has 106 valence electrons. The summed E-state index contributed by atoms with van der Waals surface area (Å²) in [5, 5.41) is 0. The molecule has 0 unspecified atom stereocenters. The Hall–Kier alpha value is -1.12. The highest BCUT2D eigenvalue weighted by atomic mass is 127. The molecule has 0 saturated heterocycles. The Kier molecular flexibility index (Phi) is 4.66. The van der Waals surface area contributed by atoms with Crippen LogP contribution in [-0.4, -0.2) is 8.42 Å². The van der Waals surface area contributed by atoms with E-state index in [0.717, 1.165) is 14.7 Å². The van der Waals surface area contributed by atoms with E-state index in [2.05, 4.69) is 27.3 Å². The lowest BCUT2D eigenvalue weighted by Gasteiger charge is -2.10. The van der Waals surface area contributed by atoms with Crippen LogP contribution in [0.5, 0.6) is 0 Å². The minimum atomic E-state index is -3.58. The Morgan fingerprint density at radius 3 is 2.40 bits per heavy atom. The van der Waals surface area contributed by atoms with E-state index < -0.39 is 10.0 Å². The Labute approximate surface area is 132 Å². The van der Waals surface area contributed by atoms with E-state index in [4.69, 9.17) is 5.73 Å². The summed E-state index contributed by atoms with van der Waals surface area (Å²) in [4.78, 5) is 0.224. The summed E-state index contributed by atoms with van der Waals surface area (Å²) in [6, 6.07) is 12.1. The molecule has 0 aliphatic rings. The molecule has 2 aromatic carbocycles. The van der Waals surface area contributed by atoms with Crippen molar-refractivity contribution in [3.63, 3.8) is 0 Å². The minimum absolute atomic E-state index is 0.224. The summed E-state index contributed by atoms with van der Waals surface area (Å²) in [6.45, 7) is 2.23. The van der Waals surface area contributed by atoms with Gasteiger partial charge in [-0.25, -0.2) is 8.42 Å². The zero-order valence-electron chi connectivity index (χ0n) is 10.9. The van der Waals surface area contributed by atoms with Gasteiger partial charge in [-0.1, -0.05) is 6.07 Å². The van der Waals surface area contributed by atoms with E-state index in [0.29, 0.717) is 12.2 Å². The van der Waals surface area contributed by atoms with Crippen LogP contribution in [0.15, 0.2) is 47.4 Å². The van der Waals surface area contributed by atoms with Gasteiger partial charge in [0.2, 0.25) is 0 Å². The molecule has 6 heteroatoms. The second kappa shape index (κ2) is 6.11. The standard InChI is InChI=1S/C14H15IN2O2S/c1-10-2-7-14(8-11(10)9-16)20(18,19)17-13-5-3-12(15)4-6-13/h2-8,17H,9,16H2,1H3. The van der Waals surface area contributed by atoms with Crippen LogP contribution in [0.1, 0.15) is 11.1 Å². The summed E-state index contributed by atoms with van der Waals surface area (Å²) < 4.78 is 28.2. The maximum atomic E-state index is 12.3. The second-order valence-electron chi connectivity index (χ2n) is 4.40. The molecule has 0 heterocycles. The molecule has 0 radical (unpaired) electrons. The lowest BCUT2D eigenvalue weighted by Crippen LogP contribution is -2.14. The molecule has 0 fully saturated rings. The van der Waals surface area contributed by atoms with Crippen molar-refractivity contribution in [3.05, 3.63) is 57.2 Å². The van der Waals surface area contributed by atoms with Crippen LogP contribution in [0.2, 0.25) is 0 Å². The first kappa shape index (κ1) is 15.3. The van der Waals surface area contributed by atoms with Gasteiger partial charge in [-0.05, 0) is 77.0 Å². The zero-order valence-corrected chi connectivity index (χ0v) is 13.9. The van der Waals surface area contributed by atoms with E-state index in [-0.39, 0.29) is 4.90 Å². The van der Waals surface area contributed by atoms with E-state index >= 15 is 0 Å². The highest BCUT2D eigenvalue weighted by Gasteiger charge is 2.15. The number of hydrogen-bond acceptors (Lipinski definition) is 3. The zero-order chi connectivity index (χ0) is 14.8. The third kappa shape index (κ3) is 3.50. The number of halogens is 1. The first-order chi connectivity index (χ1) is 9.42. The number of hydrogen-bond donors (Lipinski definition) is 2. The number of anilines is 1. The van der Waals surface area contributed by atoms with Gasteiger partial charge in [-0.3, -0.25) is 4.72 Å². The van der Waals surface area contributed by atoms with Gasteiger partial charge < -0.3 is 5.73 Å². The van der Waals surface area contributed by atoms with E-state index in [1.165, 1.54) is 0 Å². The molecule has 0 atom stereocenters. The normalized spacial score (nSPS) is 11.3. The highest BCUT2D eigenvalue weighted by molar-refractivity contribution is 14.1. The molecule has 0 saturated carbocycles. The molecule has 20 heavy (non-hydrogen) atoms. The van der Waals surface area contributed by atoms with Gasteiger partial charge in [0, 0.05) is 15.8 Å². The van der Waals surface area contributed by atoms with Crippen molar-refractivity contribution in [2.45, 2.75) is 18.4 Å². The van der Waals surface area contributed by atoms with Gasteiger partial charge in [0.25, 0.3) is 10.0 Å². The summed E-state index contributed by atoms with van der Waals surface area (Å²) in [6.07, 6.45) is 0. The molecule has 0 spiro atoms. The predicted octanol–water partition coefficient (Wildman–Crippen LogP) is 2.86. The molecule has 0 bridgehead atoms. The number of benzene rings is 2. The average molecular weight is 402 g/mol. The molecule has 0 amide bonds. The van der Waals surface area contributed by atoms with Crippen molar-refractivity contribution in [1.29, 1.82) is 0 Å². The first-order valence-electron chi connectivity index (χ1n) is 6.00. The van der Waals surface area contributed by atoms with Gasteiger partial charge in [0.15, 0.2) is 0 Å². The third-order valence-electron chi connectivity index (χ3n) is 2.95. The van der Waals surface area contributed by atoms with Gasteiger partial charge in [0.1, 0.15) is 0 Å². The number of nitrogens with one attached hydrogen (secondary N) is 1. The summed E-state index contributed by atoms with van der Waals surface area (Å²) in [5.74, 6) is 0. The van der Waals surface area contributed by atoms with Crippen molar-refractivity contribution >= 4 is 38.3 Å². The Balaban J connectivity index is 2.33. The summed E-state index contributed by atoms with van der Waals surface area (Å²) >= 11 is 2.17. The van der Waals surface area contributed by atoms with Crippen LogP contribution in [0.4, 0.5) is 5.69 Å². The van der Waals surface area contributed by atoms with Crippen LogP contribution in [0, 0.1) is 10.5 Å². The number of rotatable bonds is 4. The SMILES string of the molecule is Cc1ccc(S(=O)(=O)Nc2ccc(I)cc2)cc1CN. The minimum Gasteiger partial charge on any atom is -0.326 e. The second-order valence-corrected chi connectivity index (χ2v) is 7.33. The van der Waals surface area contributed by atoms with Crippen LogP contribution in [0.25, 0.3) is 0 Å². The van der Waals surface area contributed by atoms with E-state index in [1.54, 1.807) is 30.3 Å². The van der Waals surface area contributed by atoms with Gasteiger partial charge >= 0.3 is 0 Å². The number of sulfonamides is 1. The van der Waals surface area contributed by atoms with Gasteiger partial charge in [-0.2, -0.15) is 0 Å². The molecule has 2 rings (SSSR count). The largest absolute Gasteiger partial charge is 0.326 e. The molecular formula is C14H15IN2O2S. The summed E-state index contributed by atoms with van der Waals surface area (Å²) in [7, 11) is -3.58. The molecule has 0 aliphatic heterocycles. The average Bonchev–Trinajstić information content (AvgIpc) is 2.41. The van der Waals surface area contributed by atoms with Crippen molar-refractivity contribution < 1.29 is 8.42 Å². The van der Waals surface area contributed by atoms with E-state index in [9.17, 15) is 8.42 Å². The highest BCUT2D eigenvalue weighted by Crippen LogP contribution is 2.19. The Morgan fingerprint density at radius 1 is 1.15 bits per heavy atom. The maximum absolute atomic E-state index is 12.3. The lowest BCUT2D eigenvalue weighted by molar-refractivity contribution is 0.601. The molecule has 0 aromatic heterocycles. The van der Waals surface area contributed by atoms with E-state index in [1.807, 2.05) is 19.1 Å². The number of aryl methyl sites for hydroxylation is 1. The van der Waals surface area contributed by atoms with Crippen LogP contribution >= 0.6 is 22.6 Å². The van der Waals surface area contributed by atoms with Gasteiger partial charge in [-0.15, -0.1) is 0 Å². The van der Waals surface area contributed by atoms with Crippen LogP contribution in [0.3, 0.4) is 0 Å². The lowest BCUT2D eigenvalue weighted by atomic mass is 10.1. The van der Waals surface area contributed by atoms with Crippen molar-refractivity contribution in [1.82, 2.24) is 0 Å². The predicted molar refractivity (Wildman–Crippen MR) is 89.0 cm³/mol. The topological polar surface area (TPSA) is 72.2 Å². The Morgan fingerprint density at radius 2 is 1.80 bits per heavy atom. The molecule has 3 N–H and O–H groups in total.